The predicted molar refractivity (Wildman–Crippen MR) is 159 cm³/mol. The molecule has 0 spiro atoms. The predicted octanol–water partition coefficient (Wildman–Crippen LogP) is 7.19. The van der Waals surface area contributed by atoms with E-state index >= 15 is 0 Å². The molecule has 0 aliphatic heterocycles. The number of fused-ring (bicyclic) bond motifs is 1. The van der Waals surface area contributed by atoms with Crippen molar-refractivity contribution < 1.29 is 4.74 Å². The quantitative estimate of drug-likeness (QED) is 0.272. The molecule has 0 unspecified atom stereocenters. The zero-order valence-electron chi connectivity index (χ0n) is 23.4. The van der Waals surface area contributed by atoms with Crippen molar-refractivity contribution in [2.24, 2.45) is 11.8 Å². The fourth-order valence-corrected chi connectivity index (χ4v) is 4.91. The topological polar surface area (TPSA) is 50.3 Å². The Labute approximate surface area is 228 Å². The van der Waals surface area contributed by atoms with Crippen LogP contribution in [0.1, 0.15) is 49.6 Å². The highest BCUT2D eigenvalue weighted by Crippen LogP contribution is 2.27. The number of ether oxygens (including phenoxy) is 1. The highest BCUT2D eigenvalue weighted by Gasteiger charge is 2.17. The van der Waals surface area contributed by atoms with Crippen molar-refractivity contribution in [3.05, 3.63) is 95.8 Å². The van der Waals surface area contributed by atoms with Crippen LogP contribution in [0.5, 0.6) is 5.75 Å². The number of benzene rings is 3. The van der Waals surface area contributed by atoms with Crippen molar-refractivity contribution in [1.82, 2.24) is 15.3 Å². The summed E-state index contributed by atoms with van der Waals surface area (Å²) in [6, 6.07) is 26.8. The summed E-state index contributed by atoms with van der Waals surface area (Å²) >= 11 is 0. The van der Waals surface area contributed by atoms with Crippen LogP contribution in [0.15, 0.2) is 78.9 Å². The fourth-order valence-electron chi connectivity index (χ4n) is 4.91. The molecular formula is C33H42N4O. The Morgan fingerprint density at radius 3 is 2.21 bits per heavy atom. The molecule has 5 heteroatoms. The van der Waals surface area contributed by atoms with E-state index in [0.29, 0.717) is 6.61 Å². The van der Waals surface area contributed by atoms with Crippen LogP contribution in [0.2, 0.25) is 0 Å². The van der Waals surface area contributed by atoms with Crippen LogP contribution < -0.4 is 15.0 Å². The minimum absolute atomic E-state index is 0.624. The van der Waals surface area contributed by atoms with E-state index in [1.54, 1.807) is 0 Å². The molecular weight excluding hydrogens is 468 g/mol. The normalized spacial score (nSPS) is 16.9. The lowest BCUT2D eigenvalue weighted by Crippen LogP contribution is -2.25. The van der Waals surface area contributed by atoms with Gasteiger partial charge in [-0.3, -0.25) is 0 Å². The second-order valence-electron chi connectivity index (χ2n) is 10.7. The summed E-state index contributed by atoms with van der Waals surface area (Å²) in [7, 11) is 3.99. The molecule has 3 aromatic carbocycles. The van der Waals surface area contributed by atoms with E-state index in [-0.39, 0.29) is 0 Å². The Balaban J connectivity index is 0.000000204. The van der Waals surface area contributed by atoms with Gasteiger partial charge < -0.3 is 15.0 Å². The molecule has 1 fully saturated rings. The molecule has 0 atom stereocenters. The third-order valence-corrected chi connectivity index (χ3v) is 7.19. The molecule has 200 valence electrons. The summed E-state index contributed by atoms with van der Waals surface area (Å²) < 4.78 is 5.84. The SMILES string of the molecule is CC1CCC(CNCc2ccc(OCc3ccccc3)cc2)CC1.Cc1nc(N(C)C)c2ccccc2n1. The number of hydrogen-bond donors (Lipinski definition) is 1. The average molecular weight is 511 g/mol. The molecule has 1 saturated carbocycles. The highest BCUT2D eigenvalue weighted by atomic mass is 16.5. The van der Waals surface area contributed by atoms with Gasteiger partial charge in [-0.2, -0.15) is 0 Å². The van der Waals surface area contributed by atoms with Crippen LogP contribution in [0.4, 0.5) is 5.82 Å². The van der Waals surface area contributed by atoms with E-state index in [0.717, 1.165) is 53.2 Å². The smallest absolute Gasteiger partial charge is 0.139 e. The van der Waals surface area contributed by atoms with E-state index in [9.17, 15) is 0 Å². The Morgan fingerprint density at radius 2 is 1.50 bits per heavy atom. The summed E-state index contributed by atoms with van der Waals surface area (Å²) in [6.07, 6.45) is 5.58. The van der Waals surface area contributed by atoms with Gasteiger partial charge in [-0.1, -0.05) is 74.4 Å². The number of anilines is 1. The Hall–Kier alpha value is -3.44. The molecule has 0 radical (unpaired) electrons. The summed E-state index contributed by atoms with van der Waals surface area (Å²) in [6.45, 7) is 7.02. The standard InChI is InChI=1S/C22H29NO.C11H13N3/c1-18-7-9-19(10-8-18)15-23-16-20-11-13-22(14-12-20)24-17-21-5-3-2-4-6-21;1-8-12-10-7-5-4-6-9(10)11(13-8)14(2)3/h2-6,11-14,18-19,23H,7-10,15-17H2,1H3;4-7H,1-3H3. The Kier molecular flexibility index (Phi) is 10.1. The van der Waals surface area contributed by atoms with E-state index in [1.165, 1.54) is 36.8 Å². The first-order valence-corrected chi connectivity index (χ1v) is 13.8. The lowest BCUT2D eigenvalue weighted by molar-refractivity contribution is 0.281. The van der Waals surface area contributed by atoms with Crippen molar-refractivity contribution in [3.8, 4) is 5.75 Å². The molecule has 1 heterocycles. The van der Waals surface area contributed by atoms with Crippen LogP contribution in [0.3, 0.4) is 0 Å². The number of hydrogen-bond acceptors (Lipinski definition) is 5. The Morgan fingerprint density at radius 1 is 0.816 bits per heavy atom. The number of nitrogens with one attached hydrogen (secondary N) is 1. The van der Waals surface area contributed by atoms with Gasteiger partial charge in [-0.25, -0.2) is 9.97 Å². The first-order chi connectivity index (χ1) is 18.5. The first kappa shape index (κ1) is 27.6. The fraction of sp³-hybridized carbons (Fsp3) is 0.394. The second-order valence-corrected chi connectivity index (χ2v) is 10.7. The van der Waals surface area contributed by atoms with Gasteiger partial charge in [-0.15, -0.1) is 0 Å². The molecule has 1 N–H and O–H groups in total. The molecule has 5 rings (SSSR count). The van der Waals surface area contributed by atoms with Crippen LogP contribution >= 0.6 is 0 Å². The maximum absolute atomic E-state index is 5.84. The molecule has 1 aliphatic rings. The highest BCUT2D eigenvalue weighted by molar-refractivity contribution is 5.89. The van der Waals surface area contributed by atoms with Gasteiger partial charge in [0, 0.05) is 26.0 Å². The van der Waals surface area contributed by atoms with Crippen molar-refractivity contribution in [2.75, 3.05) is 25.5 Å². The van der Waals surface area contributed by atoms with Gasteiger partial charge in [0.15, 0.2) is 0 Å². The molecule has 0 saturated heterocycles. The molecule has 38 heavy (non-hydrogen) atoms. The number of para-hydroxylation sites is 1. The zero-order chi connectivity index (χ0) is 26.7. The number of nitrogens with zero attached hydrogens (tertiary/aromatic N) is 3. The maximum Gasteiger partial charge on any atom is 0.139 e. The average Bonchev–Trinajstić information content (AvgIpc) is 2.94. The van der Waals surface area contributed by atoms with E-state index in [2.05, 4.69) is 58.6 Å². The third-order valence-electron chi connectivity index (χ3n) is 7.19. The van der Waals surface area contributed by atoms with Gasteiger partial charge >= 0.3 is 0 Å². The molecule has 1 aromatic heterocycles. The van der Waals surface area contributed by atoms with Gasteiger partial charge in [-0.05, 0) is 73.5 Å². The van der Waals surface area contributed by atoms with Crippen LogP contribution in [-0.2, 0) is 13.2 Å². The lowest BCUT2D eigenvalue weighted by atomic mass is 9.83. The monoisotopic (exact) mass is 510 g/mol. The number of aromatic nitrogens is 2. The first-order valence-electron chi connectivity index (χ1n) is 13.8. The number of aryl methyl sites for hydroxylation is 1. The van der Waals surface area contributed by atoms with E-state index < -0.39 is 0 Å². The molecule has 4 aromatic rings. The Bertz CT molecular complexity index is 1250. The number of rotatable bonds is 8. The summed E-state index contributed by atoms with van der Waals surface area (Å²) in [5, 5.41) is 4.72. The summed E-state index contributed by atoms with van der Waals surface area (Å²) in [5.74, 6) is 4.53. The van der Waals surface area contributed by atoms with Crippen molar-refractivity contribution in [2.45, 2.75) is 52.7 Å². The molecule has 0 bridgehead atoms. The van der Waals surface area contributed by atoms with Crippen LogP contribution in [-0.4, -0.2) is 30.6 Å². The van der Waals surface area contributed by atoms with Gasteiger partial charge in [0.05, 0.1) is 5.52 Å². The minimum atomic E-state index is 0.624. The van der Waals surface area contributed by atoms with Crippen LogP contribution in [0.25, 0.3) is 10.9 Å². The lowest BCUT2D eigenvalue weighted by Gasteiger charge is -2.26. The van der Waals surface area contributed by atoms with Crippen LogP contribution in [0, 0.1) is 18.8 Å². The maximum atomic E-state index is 5.84. The minimum Gasteiger partial charge on any atom is -0.489 e. The summed E-state index contributed by atoms with van der Waals surface area (Å²) in [4.78, 5) is 10.8. The molecule has 0 amide bonds. The van der Waals surface area contributed by atoms with Gasteiger partial charge in [0.2, 0.25) is 0 Å². The van der Waals surface area contributed by atoms with E-state index in [4.69, 9.17) is 4.74 Å². The van der Waals surface area contributed by atoms with E-state index in [1.807, 2.05) is 68.4 Å². The third kappa shape index (κ3) is 8.29. The molecule has 1 aliphatic carbocycles. The largest absolute Gasteiger partial charge is 0.489 e. The van der Waals surface area contributed by atoms with Gasteiger partial charge in [0.1, 0.15) is 24.0 Å². The summed E-state index contributed by atoms with van der Waals surface area (Å²) in [5.41, 5.74) is 3.53. The second kappa shape index (κ2) is 13.9. The zero-order valence-corrected chi connectivity index (χ0v) is 23.4. The molecule has 5 nitrogen and oxygen atoms in total. The van der Waals surface area contributed by atoms with Crippen molar-refractivity contribution >= 4 is 16.7 Å². The van der Waals surface area contributed by atoms with Crippen molar-refractivity contribution in [1.29, 1.82) is 0 Å². The van der Waals surface area contributed by atoms with Gasteiger partial charge in [0.25, 0.3) is 0 Å². The van der Waals surface area contributed by atoms with Crippen molar-refractivity contribution in [3.63, 3.8) is 0 Å².